The predicted octanol–water partition coefficient (Wildman–Crippen LogP) is 1.72. The van der Waals surface area contributed by atoms with E-state index >= 15 is 0 Å². The van der Waals surface area contributed by atoms with Gasteiger partial charge in [0, 0.05) is 0 Å². The molecule has 55 valence electrons. The lowest BCUT2D eigenvalue weighted by Gasteiger charge is -1.94. The Labute approximate surface area is 64.8 Å². The molecule has 1 N–H and O–H groups in total. The highest BCUT2D eigenvalue weighted by Crippen LogP contribution is 2.04. The molecule has 1 aromatic carbocycles. The van der Waals surface area contributed by atoms with Crippen LogP contribution in [0.2, 0.25) is 0 Å². The van der Waals surface area contributed by atoms with Crippen LogP contribution in [-0.2, 0) is 0 Å². The molecule has 0 bridgehead atoms. The van der Waals surface area contributed by atoms with E-state index in [0.717, 1.165) is 0 Å². The van der Waals surface area contributed by atoms with E-state index in [9.17, 15) is 4.79 Å². The summed E-state index contributed by atoms with van der Waals surface area (Å²) in [5.41, 5.74) is 0.962. The first-order chi connectivity index (χ1) is 5.24. The van der Waals surface area contributed by atoms with Crippen molar-refractivity contribution >= 4 is 5.97 Å². The predicted molar refractivity (Wildman–Crippen MR) is 41.4 cm³/mol. The number of aromatic carboxylic acids is 1. The van der Waals surface area contributed by atoms with Crippen LogP contribution in [0.3, 0.4) is 0 Å². The minimum atomic E-state index is -0.929. The molecule has 0 fully saturated rings. The molecule has 0 atom stereocenters. The van der Waals surface area contributed by atoms with Crippen LogP contribution >= 0.6 is 0 Å². The fourth-order valence-electron chi connectivity index (χ4n) is 0.762. The normalized spacial score (nSPS) is 9.09. The Morgan fingerprint density at radius 1 is 1.55 bits per heavy atom. The minimum absolute atomic E-state index is 0.263. The van der Waals surface area contributed by atoms with Gasteiger partial charge in [-0.15, -0.1) is 0 Å². The van der Waals surface area contributed by atoms with Gasteiger partial charge in [0.2, 0.25) is 0 Å². The van der Waals surface area contributed by atoms with Gasteiger partial charge in [-0.3, -0.25) is 0 Å². The Balaban J connectivity index is 3.10. The van der Waals surface area contributed by atoms with Crippen molar-refractivity contribution in [3.8, 4) is 0 Å². The molecule has 11 heavy (non-hydrogen) atoms. The Hall–Kier alpha value is -1.57. The molecule has 0 aliphatic carbocycles. The van der Waals surface area contributed by atoms with Gasteiger partial charge >= 0.3 is 5.97 Å². The van der Waals surface area contributed by atoms with Crippen molar-refractivity contribution in [2.45, 2.75) is 0 Å². The molecule has 0 aromatic heterocycles. The van der Waals surface area contributed by atoms with Gasteiger partial charge < -0.3 is 5.11 Å². The SMILES string of the molecule is C=[C]c1cccc(C(=O)O)c1. The summed E-state index contributed by atoms with van der Waals surface area (Å²) in [6, 6.07) is 6.47. The molecule has 1 radical (unpaired) electrons. The van der Waals surface area contributed by atoms with Crippen LogP contribution in [0, 0.1) is 6.08 Å². The van der Waals surface area contributed by atoms with E-state index in [0.29, 0.717) is 5.56 Å². The van der Waals surface area contributed by atoms with E-state index in [1.54, 1.807) is 12.1 Å². The lowest BCUT2D eigenvalue weighted by Crippen LogP contribution is -1.95. The maximum atomic E-state index is 10.4. The lowest BCUT2D eigenvalue weighted by atomic mass is 10.1. The van der Waals surface area contributed by atoms with Crippen LogP contribution in [0.25, 0.3) is 0 Å². The summed E-state index contributed by atoms with van der Waals surface area (Å²) in [6.07, 6.45) is 2.61. The quantitative estimate of drug-likeness (QED) is 0.691. The highest BCUT2D eigenvalue weighted by molar-refractivity contribution is 5.87. The van der Waals surface area contributed by atoms with Gasteiger partial charge in [0.05, 0.1) is 5.56 Å². The molecule has 2 heteroatoms. The third-order valence-electron chi connectivity index (χ3n) is 1.31. The largest absolute Gasteiger partial charge is 0.478 e. The molecular formula is C9H7O2. The van der Waals surface area contributed by atoms with Gasteiger partial charge in [0.1, 0.15) is 0 Å². The number of rotatable bonds is 2. The van der Waals surface area contributed by atoms with Gasteiger partial charge in [-0.05, 0) is 23.8 Å². The van der Waals surface area contributed by atoms with Crippen LogP contribution in [-0.4, -0.2) is 11.1 Å². The number of hydrogen-bond donors (Lipinski definition) is 1. The molecule has 1 rings (SSSR count). The second kappa shape index (κ2) is 3.01. The lowest BCUT2D eigenvalue weighted by molar-refractivity contribution is 0.0697. The summed E-state index contributed by atoms with van der Waals surface area (Å²) < 4.78 is 0. The summed E-state index contributed by atoms with van der Waals surface area (Å²) in [4.78, 5) is 10.4. The molecule has 2 nitrogen and oxygen atoms in total. The Morgan fingerprint density at radius 2 is 2.27 bits per heavy atom. The molecule has 0 saturated carbocycles. The summed E-state index contributed by atoms with van der Waals surface area (Å²) in [6.45, 7) is 3.41. The maximum Gasteiger partial charge on any atom is 0.335 e. The van der Waals surface area contributed by atoms with E-state index in [4.69, 9.17) is 5.11 Å². The van der Waals surface area contributed by atoms with E-state index in [1.807, 2.05) is 0 Å². The molecule has 0 amide bonds. The molecule has 0 aliphatic heterocycles. The number of carboxylic acid groups (broad SMARTS) is 1. The molecule has 0 saturated heterocycles. The van der Waals surface area contributed by atoms with Crippen molar-refractivity contribution in [3.63, 3.8) is 0 Å². The Morgan fingerprint density at radius 3 is 2.82 bits per heavy atom. The highest BCUT2D eigenvalue weighted by atomic mass is 16.4. The first kappa shape index (κ1) is 7.54. The molecule has 0 heterocycles. The molecule has 1 aromatic rings. The maximum absolute atomic E-state index is 10.4. The summed E-state index contributed by atoms with van der Waals surface area (Å²) >= 11 is 0. The zero-order valence-electron chi connectivity index (χ0n) is 5.87. The van der Waals surface area contributed by atoms with E-state index in [1.165, 1.54) is 12.1 Å². The number of hydrogen-bond acceptors (Lipinski definition) is 1. The third-order valence-corrected chi connectivity index (χ3v) is 1.31. The third kappa shape index (κ3) is 1.67. The Bertz CT molecular complexity index is 289. The summed E-state index contributed by atoms with van der Waals surface area (Å²) in [5, 5.41) is 8.56. The average molecular weight is 147 g/mol. The summed E-state index contributed by atoms with van der Waals surface area (Å²) in [7, 11) is 0. The van der Waals surface area contributed by atoms with Gasteiger partial charge in [-0.1, -0.05) is 18.7 Å². The van der Waals surface area contributed by atoms with Crippen molar-refractivity contribution in [2.75, 3.05) is 0 Å². The van der Waals surface area contributed by atoms with Crippen LogP contribution in [0.5, 0.6) is 0 Å². The van der Waals surface area contributed by atoms with E-state index < -0.39 is 5.97 Å². The van der Waals surface area contributed by atoms with E-state index in [2.05, 4.69) is 12.7 Å². The highest BCUT2D eigenvalue weighted by Gasteiger charge is 2.00. The van der Waals surface area contributed by atoms with Crippen molar-refractivity contribution < 1.29 is 9.90 Å². The minimum Gasteiger partial charge on any atom is -0.478 e. The van der Waals surface area contributed by atoms with Crippen molar-refractivity contribution in [2.24, 2.45) is 0 Å². The second-order valence-electron chi connectivity index (χ2n) is 2.06. The standard InChI is InChI=1S/C9H7O2/c1-2-7-4-3-5-8(6-7)9(10)11/h3-6H,1H2,(H,10,11). The van der Waals surface area contributed by atoms with Gasteiger partial charge in [0.15, 0.2) is 0 Å². The molecule has 0 aliphatic rings. The fraction of sp³-hybridized carbons (Fsp3) is 0. The summed E-state index contributed by atoms with van der Waals surface area (Å²) in [5.74, 6) is -0.929. The van der Waals surface area contributed by atoms with Crippen molar-refractivity contribution in [1.29, 1.82) is 0 Å². The van der Waals surface area contributed by atoms with Crippen LogP contribution in [0.4, 0.5) is 0 Å². The zero-order valence-corrected chi connectivity index (χ0v) is 5.87. The smallest absolute Gasteiger partial charge is 0.335 e. The number of carbonyl (C=O) groups is 1. The Kier molecular flexibility index (Phi) is 2.06. The fourth-order valence-corrected chi connectivity index (χ4v) is 0.762. The zero-order chi connectivity index (χ0) is 8.27. The first-order valence-corrected chi connectivity index (χ1v) is 3.10. The van der Waals surface area contributed by atoms with Gasteiger partial charge in [0.25, 0.3) is 0 Å². The number of benzene rings is 1. The van der Waals surface area contributed by atoms with Crippen molar-refractivity contribution in [1.82, 2.24) is 0 Å². The van der Waals surface area contributed by atoms with E-state index in [-0.39, 0.29) is 5.56 Å². The molecule has 0 spiro atoms. The molecule has 0 unspecified atom stereocenters. The van der Waals surface area contributed by atoms with Crippen LogP contribution in [0.1, 0.15) is 15.9 Å². The second-order valence-corrected chi connectivity index (χ2v) is 2.06. The number of carboxylic acids is 1. The average Bonchev–Trinajstić information content (AvgIpc) is 2.05. The molecular weight excluding hydrogens is 140 g/mol. The van der Waals surface area contributed by atoms with Crippen LogP contribution < -0.4 is 0 Å². The van der Waals surface area contributed by atoms with Gasteiger partial charge in [-0.2, -0.15) is 0 Å². The topological polar surface area (TPSA) is 37.3 Å². The monoisotopic (exact) mass is 147 g/mol. The van der Waals surface area contributed by atoms with Gasteiger partial charge in [-0.25, -0.2) is 4.79 Å². The first-order valence-electron chi connectivity index (χ1n) is 3.10. The van der Waals surface area contributed by atoms with Crippen molar-refractivity contribution in [3.05, 3.63) is 48.0 Å². The van der Waals surface area contributed by atoms with Crippen LogP contribution in [0.15, 0.2) is 30.8 Å².